The molecule has 0 spiro atoms. The summed E-state index contributed by atoms with van der Waals surface area (Å²) in [5.41, 5.74) is 4.99. The predicted molar refractivity (Wildman–Crippen MR) is 89.1 cm³/mol. The summed E-state index contributed by atoms with van der Waals surface area (Å²) in [6.45, 7) is 3.96. The van der Waals surface area contributed by atoms with E-state index in [1.165, 1.54) is 6.33 Å². The first-order valence-electron chi connectivity index (χ1n) is 7.23. The minimum absolute atomic E-state index is 0.179. The third kappa shape index (κ3) is 3.40. The summed E-state index contributed by atoms with van der Waals surface area (Å²) >= 11 is 0. The van der Waals surface area contributed by atoms with E-state index in [1.807, 2.05) is 32.0 Å². The molecule has 0 radical (unpaired) electrons. The van der Waals surface area contributed by atoms with Crippen LogP contribution in [-0.4, -0.2) is 20.9 Å². The Labute approximate surface area is 134 Å². The summed E-state index contributed by atoms with van der Waals surface area (Å²) < 4.78 is 0. The van der Waals surface area contributed by atoms with Crippen molar-refractivity contribution in [2.75, 3.05) is 5.32 Å². The van der Waals surface area contributed by atoms with Gasteiger partial charge in [-0.1, -0.05) is 12.1 Å². The molecule has 1 N–H and O–H groups in total. The molecule has 0 saturated heterocycles. The summed E-state index contributed by atoms with van der Waals surface area (Å²) in [6, 6.07) is 9.49. The van der Waals surface area contributed by atoms with Gasteiger partial charge in [-0.05, 0) is 43.2 Å². The first-order valence-corrected chi connectivity index (χ1v) is 7.23. The maximum Gasteiger partial charge on any atom is 0.257 e. The standard InChI is InChI=1S/C18H16N4O/c1-12-3-4-13(2)17(7-12)22-18(23)14-5-6-16(21-10-14)15-8-19-11-20-9-15/h3-11H,1-2H3,(H,22,23). The molecule has 0 aliphatic heterocycles. The molecule has 2 aromatic heterocycles. The van der Waals surface area contributed by atoms with E-state index >= 15 is 0 Å². The number of hydrogen-bond donors (Lipinski definition) is 1. The molecule has 0 bridgehead atoms. The zero-order chi connectivity index (χ0) is 16.2. The molecular formula is C18H16N4O. The topological polar surface area (TPSA) is 67.8 Å². The normalized spacial score (nSPS) is 10.3. The number of benzene rings is 1. The molecular weight excluding hydrogens is 288 g/mol. The van der Waals surface area contributed by atoms with Crippen molar-refractivity contribution in [3.05, 3.63) is 71.9 Å². The number of nitrogens with zero attached hydrogens (tertiary/aromatic N) is 3. The van der Waals surface area contributed by atoms with E-state index in [2.05, 4.69) is 20.3 Å². The minimum Gasteiger partial charge on any atom is -0.322 e. The molecule has 3 aromatic rings. The highest BCUT2D eigenvalue weighted by molar-refractivity contribution is 6.04. The maximum absolute atomic E-state index is 12.3. The van der Waals surface area contributed by atoms with Gasteiger partial charge in [0.15, 0.2) is 0 Å². The lowest BCUT2D eigenvalue weighted by Crippen LogP contribution is -2.13. The van der Waals surface area contributed by atoms with E-state index in [0.717, 1.165) is 28.1 Å². The fourth-order valence-corrected chi connectivity index (χ4v) is 2.20. The smallest absolute Gasteiger partial charge is 0.257 e. The first-order chi connectivity index (χ1) is 11.1. The van der Waals surface area contributed by atoms with Crippen molar-refractivity contribution in [1.29, 1.82) is 0 Å². The van der Waals surface area contributed by atoms with Crippen LogP contribution in [0.2, 0.25) is 0 Å². The highest BCUT2D eigenvalue weighted by Gasteiger charge is 2.09. The molecule has 2 heterocycles. The van der Waals surface area contributed by atoms with Gasteiger partial charge in [-0.25, -0.2) is 9.97 Å². The van der Waals surface area contributed by atoms with Crippen molar-refractivity contribution < 1.29 is 4.79 Å². The Kier molecular flexibility index (Phi) is 4.10. The molecule has 1 amide bonds. The fourth-order valence-electron chi connectivity index (χ4n) is 2.20. The lowest BCUT2D eigenvalue weighted by Gasteiger charge is -2.09. The van der Waals surface area contributed by atoms with Crippen molar-refractivity contribution in [3.63, 3.8) is 0 Å². The van der Waals surface area contributed by atoms with Crippen LogP contribution in [0.5, 0.6) is 0 Å². The molecule has 0 atom stereocenters. The lowest BCUT2D eigenvalue weighted by molar-refractivity contribution is 0.102. The Bertz CT molecular complexity index is 829. The van der Waals surface area contributed by atoms with Crippen LogP contribution in [0.15, 0.2) is 55.2 Å². The number of hydrogen-bond acceptors (Lipinski definition) is 4. The van der Waals surface area contributed by atoms with Gasteiger partial charge in [0.25, 0.3) is 5.91 Å². The molecule has 0 fully saturated rings. The molecule has 3 rings (SSSR count). The largest absolute Gasteiger partial charge is 0.322 e. The quantitative estimate of drug-likeness (QED) is 0.805. The molecule has 5 heteroatoms. The van der Waals surface area contributed by atoms with Crippen LogP contribution in [0.1, 0.15) is 21.5 Å². The highest BCUT2D eigenvalue weighted by atomic mass is 16.1. The van der Waals surface area contributed by atoms with Crippen LogP contribution < -0.4 is 5.32 Å². The Hall–Kier alpha value is -3.08. The maximum atomic E-state index is 12.3. The van der Waals surface area contributed by atoms with Crippen LogP contribution in [0, 0.1) is 13.8 Å². The second-order valence-corrected chi connectivity index (χ2v) is 5.33. The van der Waals surface area contributed by atoms with Crippen molar-refractivity contribution in [2.24, 2.45) is 0 Å². The molecule has 114 valence electrons. The zero-order valence-corrected chi connectivity index (χ0v) is 12.9. The van der Waals surface area contributed by atoms with Gasteiger partial charge in [0.1, 0.15) is 6.33 Å². The number of carbonyl (C=O) groups excluding carboxylic acids is 1. The lowest BCUT2D eigenvalue weighted by atomic mass is 10.1. The summed E-state index contributed by atoms with van der Waals surface area (Å²) in [7, 11) is 0. The van der Waals surface area contributed by atoms with Gasteiger partial charge in [-0.3, -0.25) is 9.78 Å². The van der Waals surface area contributed by atoms with Gasteiger partial charge < -0.3 is 5.32 Å². The van der Waals surface area contributed by atoms with E-state index in [0.29, 0.717) is 5.56 Å². The highest BCUT2D eigenvalue weighted by Crippen LogP contribution is 2.18. The van der Waals surface area contributed by atoms with Crippen molar-refractivity contribution in [2.45, 2.75) is 13.8 Å². The molecule has 5 nitrogen and oxygen atoms in total. The van der Waals surface area contributed by atoms with E-state index in [4.69, 9.17) is 0 Å². The van der Waals surface area contributed by atoms with Crippen LogP contribution >= 0.6 is 0 Å². The van der Waals surface area contributed by atoms with Gasteiger partial charge >= 0.3 is 0 Å². The SMILES string of the molecule is Cc1ccc(C)c(NC(=O)c2ccc(-c3cncnc3)nc2)c1. The minimum atomic E-state index is -0.179. The predicted octanol–water partition coefficient (Wildman–Crippen LogP) is 3.41. The van der Waals surface area contributed by atoms with Gasteiger partial charge in [0.05, 0.1) is 11.3 Å². The molecule has 23 heavy (non-hydrogen) atoms. The van der Waals surface area contributed by atoms with Crippen LogP contribution in [0.25, 0.3) is 11.3 Å². The van der Waals surface area contributed by atoms with Gasteiger partial charge in [0.2, 0.25) is 0 Å². The molecule has 0 aliphatic rings. The van der Waals surface area contributed by atoms with E-state index < -0.39 is 0 Å². The van der Waals surface area contributed by atoms with Gasteiger partial charge in [0, 0.05) is 29.8 Å². The number of rotatable bonds is 3. The molecule has 0 saturated carbocycles. The summed E-state index contributed by atoms with van der Waals surface area (Å²) in [5, 5.41) is 2.92. The monoisotopic (exact) mass is 304 g/mol. The Balaban J connectivity index is 1.79. The van der Waals surface area contributed by atoms with Crippen molar-refractivity contribution in [1.82, 2.24) is 15.0 Å². The Morgan fingerprint density at radius 3 is 2.48 bits per heavy atom. The first kappa shape index (κ1) is 14.8. The van der Waals surface area contributed by atoms with Crippen LogP contribution in [-0.2, 0) is 0 Å². The molecule has 0 unspecified atom stereocenters. The zero-order valence-electron chi connectivity index (χ0n) is 12.9. The number of aromatic nitrogens is 3. The Morgan fingerprint density at radius 2 is 1.78 bits per heavy atom. The third-order valence-electron chi connectivity index (χ3n) is 3.52. The number of anilines is 1. The average Bonchev–Trinajstić information content (AvgIpc) is 2.59. The number of nitrogens with one attached hydrogen (secondary N) is 1. The third-order valence-corrected chi connectivity index (χ3v) is 3.52. The van der Waals surface area contributed by atoms with Gasteiger partial charge in [-0.15, -0.1) is 0 Å². The number of pyridine rings is 1. The molecule has 1 aromatic carbocycles. The fraction of sp³-hybridized carbons (Fsp3) is 0.111. The van der Waals surface area contributed by atoms with E-state index in [1.54, 1.807) is 30.7 Å². The number of carbonyl (C=O) groups is 1. The number of amides is 1. The van der Waals surface area contributed by atoms with Crippen LogP contribution in [0.4, 0.5) is 5.69 Å². The summed E-state index contributed by atoms with van der Waals surface area (Å²) in [6.07, 6.45) is 6.40. The van der Waals surface area contributed by atoms with Crippen LogP contribution in [0.3, 0.4) is 0 Å². The molecule has 0 aliphatic carbocycles. The van der Waals surface area contributed by atoms with E-state index in [9.17, 15) is 4.79 Å². The second-order valence-electron chi connectivity index (χ2n) is 5.33. The van der Waals surface area contributed by atoms with Gasteiger partial charge in [-0.2, -0.15) is 0 Å². The summed E-state index contributed by atoms with van der Waals surface area (Å²) in [5.74, 6) is -0.179. The summed E-state index contributed by atoms with van der Waals surface area (Å²) in [4.78, 5) is 24.6. The number of aryl methyl sites for hydroxylation is 2. The van der Waals surface area contributed by atoms with E-state index in [-0.39, 0.29) is 5.91 Å². The second kappa shape index (κ2) is 6.36. The average molecular weight is 304 g/mol. The van der Waals surface area contributed by atoms with Crippen molar-refractivity contribution >= 4 is 11.6 Å². The van der Waals surface area contributed by atoms with Crippen molar-refractivity contribution in [3.8, 4) is 11.3 Å². The Morgan fingerprint density at radius 1 is 1.00 bits per heavy atom.